The molecule has 0 radical (unpaired) electrons. The molecule has 1 fully saturated rings. The van der Waals surface area contributed by atoms with Crippen LogP contribution in [-0.4, -0.2) is 29.8 Å². The van der Waals surface area contributed by atoms with Crippen molar-refractivity contribution >= 4 is 22.6 Å². The lowest BCUT2D eigenvalue weighted by Crippen LogP contribution is -2.40. The molecule has 0 unspecified atom stereocenters. The first-order valence-electron chi connectivity index (χ1n) is 4.61. The molecule has 0 aliphatic carbocycles. The van der Waals surface area contributed by atoms with E-state index in [0.29, 0.717) is 0 Å². The van der Waals surface area contributed by atoms with Crippen LogP contribution in [0.5, 0.6) is 0 Å². The van der Waals surface area contributed by atoms with E-state index in [1.165, 1.54) is 0 Å². The second kappa shape index (κ2) is 5.40. The largest absolute Gasteiger partial charge is 0.381 e. The van der Waals surface area contributed by atoms with E-state index in [1.807, 2.05) is 0 Å². The summed E-state index contributed by atoms with van der Waals surface area (Å²) in [6, 6.07) is 0. The molecule has 1 saturated heterocycles. The van der Waals surface area contributed by atoms with E-state index < -0.39 is 0 Å². The van der Waals surface area contributed by atoms with Gasteiger partial charge in [0.2, 0.25) is 0 Å². The summed E-state index contributed by atoms with van der Waals surface area (Å²) in [6.07, 6.45) is 3.24. The molecule has 1 aliphatic heterocycles. The third kappa shape index (κ3) is 2.85. The van der Waals surface area contributed by atoms with Crippen molar-refractivity contribution in [3.8, 4) is 0 Å². The molecular formula is C9H17IO2. The SMILES string of the molecule is CCCOC1(CI)CCOCC1. The maximum Gasteiger partial charge on any atom is 0.0815 e. The zero-order valence-corrected chi connectivity index (χ0v) is 9.80. The van der Waals surface area contributed by atoms with Gasteiger partial charge in [-0.05, 0) is 6.42 Å². The Kier molecular flexibility index (Phi) is 4.82. The first-order valence-corrected chi connectivity index (χ1v) is 6.13. The van der Waals surface area contributed by atoms with Gasteiger partial charge in [0.1, 0.15) is 0 Å². The second-order valence-electron chi connectivity index (χ2n) is 3.28. The maximum atomic E-state index is 5.88. The third-order valence-electron chi connectivity index (χ3n) is 2.26. The molecule has 1 aliphatic rings. The summed E-state index contributed by atoms with van der Waals surface area (Å²) in [6.45, 7) is 4.78. The molecule has 0 bridgehead atoms. The number of rotatable bonds is 4. The van der Waals surface area contributed by atoms with Gasteiger partial charge >= 0.3 is 0 Å². The minimum absolute atomic E-state index is 0.134. The van der Waals surface area contributed by atoms with Crippen molar-refractivity contribution in [2.45, 2.75) is 31.8 Å². The number of alkyl halides is 1. The van der Waals surface area contributed by atoms with Crippen molar-refractivity contribution in [2.24, 2.45) is 0 Å². The van der Waals surface area contributed by atoms with Gasteiger partial charge in [-0.25, -0.2) is 0 Å². The fraction of sp³-hybridized carbons (Fsp3) is 1.00. The molecule has 1 rings (SSSR count). The van der Waals surface area contributed by atoms with Crippen LogP contribution in [0.4, 0.5) is 0 Å². The van der Waals surface area contributed by atoms with E-state index in [1.54, 1.807) is 0 Å². The molecule has 0 saturated carbocycles. The molecule has 0 amide bonds. The van der Waals surface area contributed by atoms with Gasteiger partial charge in [0.05, 0.1) is 5.60 Å². The average molecular weight is 284 g/mol. The quantitative estimate of drug-likeness (QED) is 0.583. The Hall–Kier alpha value is 0.650. The fourth-order valence-electron chi connectivity index (χ4n) is 1.38. The summed E-state index contributed by atoms with van der Waals surface area (Å²) in [4.78, 5) is 0. The molecule has 1 heterocycles. The van der Waals surface area contributed by atoms with Crippen molar-refractivity contribution in [1.82, 2.24) is 0 Å². The number of hydrogen-bond donors (Lipinski definition) is 0. The predicted molar refractivity (Wildman–Crippen MR) is 57.9 cm³/mol. The third-order valence-corrected chi connectivity index (χ3v) is 3.65. The molecule has 0 aromatic heterocycles. The topological polar surface area (TPSA) is 18.5 Å². The van der Waals surface area contributed by atoms with Crippen LogP contribution >= 0.6 is 22.6 Å². The molecule has 12 heavy (non-hydrogen) atoms. The van der Waals surface area contributed by atoms with Crippen molar-refractivity contribution in [3.05, 3.63) is 0 Å². The lowest BCUT2D eigenvalue weighted by molar-refractivity contribution is -0.0938. The van der Waals surface area contributed by atoms with Crippen LogP contribution in [0.1, 0.15) is 26.2 Å². The smallest absolute Gasteiger partial charge is 0.0815 e. The highest BCUT2D eigenvalue weighted by molar-refractivity contribution is 14.1. The van der Waals surface area contributed by atoms with Crippen LogP contribution < -0.4 is 0 Å². The Morgan fingerprint density at radius 1 is 1.42 bits per heavy atom. The highest BCUT2D eigenvalue weighted by atomic mass is 127. The van der Waals surface area contributed by atoms with Gasteiger partial charge in [-0.2, -0.15) is 0 Å². The zero-order chi connectivity index (χ0) is 8.86. The first-order chi connectivity index (χ1) is 5.83. The predicted octanol–water partition coefficient (Wildman–Crippen LogP) is 2.40. The summed E-state index contributed by atoms with van der Waals surface area (Å²) in [5, 5.41) is 0. The van der Waals surface area contributed by atoms with Crippen molar-refractivity contribution < 1.29 is 9.47 Å². The molecule has 2 nitrogen and oxygen atoms in total. The maximum absolute atomic E-state index is 5.88. The van der Waals surface area contributed by atoms with Crippen molar-refractivity contribution in [2.75, 3.05) is 24.2 Å². The normalized spacial score (nSPS) is 22.5. The van der Waals surface area contributed by atoms with Crippen molar-refractivity contribution in [1.29, 1.82) is 0 Å². The van der Waals surface area contributed by atoms with Crippen molar-refractivity contribution in [3.63, 3.8) is 0 Å². The van der Waals surface area contributed by atoms with Gasteiger partial charge in [0.25, 0.3) is 0 Å². The van der Waals surface area contributed by atoms with E-state index in [9.17, 15) is 0 Å². The summed E-state index contributed by atoms with van der Waals surface area (Å²) >= 11 is 2.42. The minimum Gasteiger partial charge on any atom is -0.381 e. The molecule has 0 N–H and O–H groups in total. The zero-order valence-electron chi connectivity index (χ0n) is 7.64. The van der Waals surface area contributed by atoms with Crippen LogP contribution in [0.2, 0.25) is 0 Å². The monoisotopic (exact) mass is 284 g/mol. The molecule has 0 atom stereocenters. The van der Waals surface area contributed by atoms with Crippen LogP contribution in [0.25, 0.3) is 0 Å². The molecule has 72 valence electrons. The Balaban J connectivity index is 2.37. The molecule has 0 spiro atoms. The van der Waals surface area contributed by atoms with Crippen LogP contribution in [-0.2, 0) is 9.47 Å². The van der Waals surface area contributed by atoms with Gasteiger partial charge in [0, 0.05) is 37.1 Å². The fourth-order valence-corrected chi connectivity index (χ4v) is 2.36. The molecule has 0 aromatic carbocycles. The molecular weight excluding hydrogens is 267 g/mol. The van der Waals surface area contributed by atoms with E-state index >= 15 is 0 Å². The minimum atomic E-state index is 0.134. The van der Waals surface area contributed by atoms with Gasteiger partial charge in [-0.15, -0.1) is 0 Å². The Labute approximate surface area is 88.1 Å². The van der Waals surface area contributed by atoms with Crippen LogP contribution in [0, 0.1) is 0 Å². The highest BCUT2D eigenvalue weighted by Crippen LogP contribution is 2.27. The first kappa shape index (κ1) is 10.7. The van der Waals surface area contributed by atoms with Crippen LogP contribution in [0.15, 0.2) is 0 Å². The number of halogens is 1. The average Bonchev–Trinajstić information content (AvgIpc) is 2.16. The summed E-state index contributed by atoms with van der Waals surface area (Å²) in [5.74, 6) is 0. The second-order valence-corrected chi connectivity index (χ2v) is 4.04. The van der Waals surface area contributed by atoms with Gasteiger partial charge in [0.15, 0.2) is 0 Å². The molecule has 0 aromatic rings. The summed E-state index contributed by atoms with van der Waals surface area (Å²) in [7, 11) is 0. The lowest BCUT2D eigenvalue weighted by atomic mass is 9.97. The highest BCUT2D eigenvalue weighted by Gasteiger charge is 2.31. The lowest BCUT2D eigenvalue weighted by Gasteiger charge is -2.35. The van der Waals surface area contributed by atoms with E-state index in [2.05, 4.69) is 29.5 Å². The molecule has 3 heteroatoms. The summed E-state index contributed by atoms with van der Waals surface area (Å²) < 4.78 is 12.3. The Morgan fingerprint density at radius 3 is 2.58 bits per heavy atom. The van der Waals surface area contributed by atoms with Gasteiger partial charge in [-0.3, -0.25) is 0 Å². The Morgan fingerprint density at radius 2 is 2.08 bits per heavy atom. The van der Waals surface area contributed by atoms with E-state index in [-0.39, 0.29) is 5.60 Å². The Bertz CT molecular complexity index is 122. The summed E-state index contributed by atoms with van der Waals surface area (Å²) in [5.41, 5.74) is 0.134. The number of hydrogen-bond acceptors (Lipinski definition) is 2. The van der Waals surface area contributed by atoms with E-state index in [4.69, 9.17) is 9.47 Å². The standard InChI is InChI=1S/C9H17IO2/c1-2-5-12-9(8-10)3-6-11-7-4-9/h2-8H2,1H3. The van der Waals surface area contributed by atoms with Gasteiger partial charge < -0.3 is 9.47 Å². The van der Waals surface area contributed by atoms with Crippen LogP contribution in [0.3, 0.4) is 0 Å². The van der Waals surface area contributed by atoms with E-state index in [0.717, 1.165) is 43.5 Å². The number of ether oxygens (including phenoxy) is 2. The van der Waals surface area contributed by atoms with Gasteiger partial charge in [-0.1, -0.05) is 29.5 Å².